The van der Waals surface area contributed by atoms with Crippen LogP contribution in [0.3, 0.4) is 0 Å². The van der Waals surface area contributed by atoms with Crippen LogP contribution >= 0.6 is 0 Å². The highest BCUT2D eigenvalue weighted by Gasteiger charge is 2.27. The van der Waals surface area contributed by atoms with Crippen LogP contribution in [0.5, 0.6) is 5.75 Å². The average Bonchev–Trinajstić information content (AvgIpc) is 2.85. The van der Waals surface area contributed by atoms with Crippen molar-refractivity contribution in [3.05, 3.63) is 77.4 Å². The first-order valence-electron chi connectivity index (χ1n) is 11.1. The number of rotatable bonds is 7. The molecule has 0 bridgehead atoms. The summed E-state index contributed by atoms with van der Waals surface area (Å²) in [6.07, 6.45) is 1.34. The second-order valence-electron chi connectivity index (χ2n) is 8.04. The van der Waals surface area contributed by atoms with Gasteiger partial charge >= 0.3 is 0 Å². The molecule has 0 amide bonds. The highest BCUT2D eigenvalue weighted by Crippen LogP contribution is 2.34. The first kappa shape index (κ1) is 24.3. The van der Waals surface area contributed by atoms with Crippen molar-refractivity contribution in [1.29, 1.82) is 0 Å². The molecule has 3 aromatic carbocycles. The topological polar surface area (TPSA) is 27.7 Å². The Morgan fingerprint density at radius 2 is 1.35 bits per heavy atom. The molecule has 1 fully saturated rings. The zero-order chi connectivity index (χ0) is 24.2. The predicted octanol–water partition coefficient (Wildman–Crippen LogP) is 6.34. The van der Waals surface area contributed by atoms with E-state index in [1.807, 2.05) is 6.92 Å². The molecular weight excluding hydrogens is 447 g/mol. The van der Waals surface area contributed by atoms with Crippen LogP contribution < -0.4 is 4.74 Å². The molecule has 0 spiro atoms. The van der Waals surface area contributed by atoms with E-state index in [2.05, 4.69) is 0 Å². The van der Waals surface area contributed by atoms with Crippen molar-refractivity contribution < 1.29 is 31.8 Å². The van der Waals surface area contributed by atoms with Gasteiger partial charge in [0.1, 0.15) is 7.85 Å². The normalized spacial score (nSPS) is 18.1. The van der Waals surface area contributed by atoms with E-state index in [0.29, 0.717) is 11.1 Å². The van der Waals surface area contributed by atoms with Crippen LogP contribution in [0.25, 0.3) is 22.3 Å². The minimum Gasteiger partial charge on any atom is -0.500 e. The maximum Gasteiger partial charge on any atom is 0.201 e. The van der Waals surface area contributed by atoms with Gasteiger partial charge in [0.05, 0.1) is 13.2 Å². The lowest BCUT2D eigenvalue weighted by molar-refractivity contribution is -0.190. The Kier molecular flexibility index (Phi) is 7.58. The molecule has 0 N–H and O–H groups in total. The van der Waals surface area contributed by atoms with Crippen LogP contribution in [0.4, 0.5) is 17.6 Å². The quantitative estimate of drug-likeness (QED) is 0.298. The molecule has 3 nitrogen and oxygen atoms in total. The van der Waals surface area contributed by atoms with Crippen LogP contribution in [-0.4, -0.2) is 33.9 Å². The van der Waals surface area contributed by atoms with E-state index in [0.717, 1.165) is 12.8 Å². The van der Waals surface area contributed by atoms with Crippen LogP contribution in [-0.2, 0) is 9.47 Å². The van der Waals surface area contributed by atoms with Crippen LogP contribution in [0.2, 0.25) is 0 Å². The molecule has 2 radical (unpaired) electrons. The Morgan fingerprint density at radius 1 is 0.794 bits per heavy atom. The third kappa shape index (κ3) is 4.84. The summed E-state index contributed by atoms with van der Waals surface area (Å²) >= 11 is 0. The third-order valence-electron chi connectivity index (χ3n) is 5.84. The molecule has 1 saturated heterocycles. The van der Waals surface area contributed by atoms with E-state index in [1.54, 1.807) is 0 Å². The van der Waals surface area contributed by atoms with Crippen molar-refractivity contribution in [2.45, 2.75) is 32.0 Å². The fraction of sp³-hybridized carbons (Fsp3) is 0.308. The van der Waals surface area contributed by atoms with Gasteiger partial charge in [0.15, 0.2) is 29.5 Å². The Balaban J connectivity index is 1.56. The molecule has 8 heteroatoms. The first-order chi connectivity index (χ1) is 16.4. The lowest BCUT2D eigenvalue weighted by atomic mass is 9.94. The minimum absolute atomic E-state index is 0.00842. The van der Waals surface area contributed by atoms with Gasteiger partial charge in [0, 0.05) is 23.6 Å². The zero-order valence-electron chi connectivity index (χ0n) is 18.6. The van der Waals surface area contributed by atoms with E-state index < -0.39 is 29.2 Å². The summed E-state index contributed by atoms with van der Waals surface area (Å²) in [5.41, 5.74) is 1.04. The number of benzene rings is 3. The molecule has 1 aliphatic heterocycles. The molecule has 3 aromatic rings. The smallest absolute Gasteiger partial charge is 0.201 e. The lowest BCUT2D eigenvalue weighted by Gasteiger charge is -2.29. The van der Waals surface area contributed by atoms with E-state index in [9.17, 15) is 17.6 Å². The summed E-state index contributed by atoms with van der Waals surface area (Å²) < 4.78 is 74.6. The molecule has 1 aliphatic rings. The van der Waals surface area contributed by atoms with Gasteiger partial charge in [-0.25, -0.2) is 13.2 Å². The molecule has 176 valence electrons. The molecule has 0 aromatic heterocycles. The maximum atomic E-state index is 15.0. The minimum atomic E-state index is -1.15. The number of hydrogen-bond donors (Lipinski definition) is 0. The van der Waals surface area contributed by atoms with E-state index in [1.165, 1.54) is 48.5 Å². The van der Waals surface area contributed by atoms with Gasteiger partial charge in [-0.15, -0.1) is 0 Å². The first-order valence-corrected chi connectivity index (χ1v) is 11.1. The summed E-state index contributed by atoms with van der Waals surface area (Å²) in [7, 11) is 5.21. The van der Waals surface area contributed by atoms with Crippen LogP contribution in [0.1, 0.15) is 31.2 Å². The number of hydrogen-bond acceptors (Lipinski definition) is 3. The van der Waals surface area contributed by atoms with Crippen molar-refractivity contribution in [1.82, 2.24) is 0 Å². The molecule has 0 saturated carbocycles. The van der Waals surface area contributed by atoms with Gasteiger partial charge in [0.2, 0.25) is 5.82 Å². The Labute approximate surface area is 197 Å². The van der Waals surface area contributed by atoms with Crippen molar-refractivity contribution in [3.8, 4) is 28.0 Å². The highest BCUT2D eigenvalue weighted by molar-refractivity contribution is 6.08. The zero-order valence-corrected chi connectivity index (χ0v) is 18.6. The van der Waals surface area contributed by atoms with E-state index in [-0.39, 0.29) is 48.4 Å². The van der Waals surface area contributed by atoms with E-state index in [4.69, 9.17) is 22.1 Å². The van der Waals surface area contributed by atoms with E-state index >= 15 is 0 Å². The second-order valence-corrected chi connectivity index (χ2v) is 8.04. The average molecular weight is 470 g/mol. The van der Waals surface area contributed by atoms with Crippen molar-refractivity contribution in [2.75, 3.05) is 19.7 Å². The Bertz CT molecular complexity index is 1150. The molecule has 0 atom stereocenters. The van der Waals surface area contributed by atoms with Gasteiger partial charge in [-0.1, -0.05) is 49.7 Å². The SMILES string of the molecule is [B]COc1ccc(-c2ccc(-c3ccc(C4COC(CCC)OC4)c(F)c3F)cc2)c(F)c1F. The lowest BCUT2D eigenvalue weighted by Crippen LogP contribution is -2.31. The van der Waals surface area contributed by atoms with Gasteiger partial charge in [0.25, 0.3) is 0 Å². The summed E-state index contributed by atoms with van der Waals surface area (Å²) in [4.78, 5) is 0. The molecule has 0 unspecified atom stereocenters. The van der Waals surface area contributed by atoms with Gasteiger partial charge in [-0.05, 0) is 35.2 Å². The molecular formula is C26H23BF4O3. The fourth-order valence-corrected chi connectivity index (χ4v) is 4.01. The molecule has 4 rings (SSSR count). The maximum absolute atomic E-state index is 15.0. The predicted molar refractivity (Wildman–Crippen MR) is 122 cm³/mol. The highest BCUT2D eigenvalue weighted by atomic mass is 19.2. The van der Waals surface area contributed by atoms with Crippen LogP contribution in [0.15, 0.2) is 48.5 Å². The summed E-state index contributed by atoms with van der Waals surface area (Å²) in [6.45, 7) is 2.24. The molecule has 0 aliphatic carbocycles. The summed E-state index contributed by atoms with van der Waals surface area (Å²) in [5, 5.41) is 0. The molecule has 1 heterocycles. The number of ether oxygens (including phenoxy) is 3. The van der Waals surface area contributed by atoms with Gasteiger partial charge in [-0.2, -0.15) is 4.39 Å². The van der Waals surface area contributed by atoms with Gasteiger partial charge < -0.3 is 14.2 Å². The van der Waals surface area contributed by atoms with Crippen molar-refractivity contribution >= 4 is 7.85 Å². The largest absolute Gasteiger partial charge is 0.500 e. The summed E-state index contributed by atoms with van der Waals surface area (Å²) in [6, 6.07) is 11.8. The number of halogens is 4. The van der Waals surface area contributed by atoms with Crippen molar-refractivity contribution in [2.24, 2.45) is 0 Å². The Morgan fingerprint density at radius 3 is 1.91 bits per heavy atom. The fourth-order valence-electron chi connectivity index (χ4n) is 4.01. The monoisotopic (exact) mass is 470 g/mol. The molecule has 34 heavy (non-hydrogen) atoms. The Hall–Kier alpha value is -2.84. The second kappa shape index (κ2) is 10.6. The summed E-state index contributed by atoms with van der Waals surface area (Å²) in [5.74, 6) is -4.85. The van der Waals surface area contributed by atoms with Crippen molar-refractivity contribution in [3.63, 3.8) is 0 Å². The van der Waals surface area contributed by atoms with Gasteiger partial charge in [-0.3, -0.25) is 0 Å². The third-order valence-corrected chi connectivity index (χ3v) is 5.84. The van der Waals surface area contributed by atoms with Crippen LogP contribution in [0, 0.1) is 23.3 Å². The standard InChI is InChI=1S/C26H23BF4O3/c1-2-3-22-32-12-17(13-33-22)20-9-8-18(23(28)24(20)29)15-4-6-16(7-5-15)19-10-11-21(34-14-27)26(31)25(19)30/h4-11,17,22H,2-3,12-14H2,1H3.